The van der Waals surface area contributed by atoms with Crippen LogP contribution in [0.4, 0.5) is 5.69 Å². The van der Waals surface area contributed by atoms with Gasteiger partial charge in [-0.3, -0.25) is 4.99 Å². The maximum absolute atomic E-state index is 11.5. The quantitative estimate of drug-likeness (QED) is 0.654. The van der Waals surface area contributed by atoms with Crippen molar-refractivity contribution in [1.82, 2.24) is 0 Å². The zero-order valence-corrected chi connectivity index (χ0v) is 12.8. The SMILES string of the molecule is CCOc1cccc(C=Nc2cc(C(=O)OC)ccc2O)c1O. The number of para-hydroxylation sites is 1. The molecule has 0 aromatic heterocycles. The van der Waals surface area contributed by atoms with Crippen molar-refractivity contribution in [3.63, 3.8) is 0 Å². The number of carbonyl (C=O) groups is 1. The van der Waals surface area contributed by atoms with Crippen LogP contribution in [-0.2, 0) is 4.74 Å². The van der Waals surface area contributed by atoms with Crippen LogP contribution in [0.5, 0.6) is 17.2 Å². The molecule has 2 aromatic carbocycles. The summed E-state index contributed by atoms with van der Waals surface area (Å²) in [5.74, 6) is -0.303. The Kier molecular flexibility index (Phi) is 5.19. The monoisotopic (exact) mass is 315 g/mol. The Hall–Kier alpha value is -3.02. The van der Waals surface area contributed by atoms with Gasteiger partial charge in [-0.1, -0.05) is 6.07 Å². The van der Waals surface area contributed by atoms with Gasteiger partial charge in [0, 0.05) is 11.8 Å². The standard InChI is InChI=1S/C17H17NO5/c1-3-23-15-6-4-5-12(16(15)20)10-18-13-9-11(17(21)22-2)7-8-14(13)19/h4-10,19-20H,3H2,1-2H3. The van der Waals surface area contributed by atoms with E-state index in [1.807, 2.05) is 6.92 Å². The Morgan fingerprint density at radius 3 is 2.74 bits per heavy atom. The fourth-order valence-electron chi connectivity index (χ4n) is 1.93. The molecule has 0 amide bonds. The molecule has 6 nitrogen and oxygen atoms in total. The van der Waals surface area contributed by atoms with Crippen LogP contribution in [0.25, 0.3) is 0 Å². The number of hydrogen-bond acceptors (Lipinski definition) is 6. The summed E-state index contributed by atoms with van der Waals surface area (Å²) in [4.78, 5) is 15.6. The first-order chi connectivity index (χ1) is 11.1. The molecular weight excluding hydrogens is 298 g/mol. The van der Waals surface area contributed by atoms with E-state index in [0.29, 0.717) is 17.9 Å². The molecule has 120 valence electrons. The summed E-state index contributed by atoms with van der Waals surface area (Å²) in [7, 11) is 1.27. The zero-order chi connectivity index (χ0) is 16.8. The molecule has 0 heterocycles. The van der Waals surface area contributed by atoms with Gasteiger partial charge in [0.25, 0.3) is 0 Å². The number of methoxy groups -OCH3 is 1. The number of benzene rings is 2. The Bertz CT molecular complexity index is 740. The Labute approximate surface area is 133 Å². The third-order valence-electron chi connectivity index (χ3n) is 3.07. The molecule has 2 aromatic rings. The van der Waals surface area contributed by atoms with Crippen LogP contribution in [0.3, 0.4) is 0 Å². The molecule has 0 saturated carbocycles. The highest BCUT2D eigenvalue weighted by Gasteiger charge is 2.10. The van der Waals surface area contributed by atoms with E-state index in [0.717, 1.165) is 0 Å². The van der Waals surface area contributed by atoms with Gasteiger partial charge in [-0.2, -0.15) is 0 Å². The summed E-state index contributed by atoms with van der Waals surface area (Å²) in [6.45, 7) is 2.24. The van der Waals surface area contributed by atoms with Gasteiger partial charge in [0.2, 0.25) is 0 Å². The first-order valence-electron chi connectivity index (χ1n) is 6.97. The fraction of sp³-hybridized carbons (Fsp3) is 0.176. The van der Waals surface area contributed by atoms with E-state index < -0.39 is 5.97 Å². The van der Waals surface area contributed by atoms with Gasteiger partial charge in [0.15, 0.2) is 11.5 Å². The largest absolute Gasteiger partial charge is 0.506 e. The molecule has 0 aliphatic rings. The van der Waals surface area contributed by atoms with Crippen LogP contribution in [-0.4, -0.2) is 36.1 Å². The summed E-state index contributed by atoms with van der Waals surface area (Å²) in [5, 5.41) is 19.9. The average Bonchev–Trinajstić information content (AvgIpc) is 2.56. The molecule has 0 unspecified atom stereocenters. The lowest BCUT2D eigenvalue weighted by molar-refractivity contribution is 0.0601. The number of phenols is 2. The second kappa shape index (κ2) is 7.31. The van der Waals surface area contributed by atoms with Crippen molar-refractivity contribution in [3.05, 3.63) is 47.5 Å². The van der Waals surface area contributed by atoms with Crippen LogP contribution in [0, 0.1) is 0 Å². The summed E-state index contributed by atoms with van der Waals surface area (Å²) in [6.07, 6.45) is 1.38. The van der Waals surface area contributed by atoms with Crippen LogP contribution in [0.2, 0.25) is 0 Å². The van der Waals surface area contributed by atoms with Crippen LogP contribution in [0.1, 0.15) is 22.8 Å². The summed E-state index contributed by atoms with van der Waals surface area (Å²) in [6, 6.07) is 9.22. The third kappa shape index (κ3) is 3.79. The lowest BCUT2D eigenvalue weighted by atomic mass is 10.1. The maximum Gasteiger partial charge on any atom is 0.337 e. The molecule has 2 N–H and O–H groups in total. The molecule has 0 bridgehead atoms. The van der Waals surface area contributed by atoms with Gasteiger partial charge in [-0.15, -0.1) is 0 Å². The van der Waals surface area contributed by atoms with Gasteiger partial charge >= 0.3 is 5.97 Å². The molecule has 2 rings (SSSR count). The van der Waals surface area contributed by atoms with E-state index in [2.05, 4.69) is 9.73 Å². The number of carbonyl (C=O) groups excluding carboxylic acids is 1. The summed E-state index contributed by atoms with van der Waals surface area (Å²) >= 11 is 0. The molecule has 0 spiro atoms. The number of esters is 1. The van der Waals surface area contributed by atoms with E-state index in [4.69, 9.17) is 4.74 Å². The van der Waals surface area contributed by atoms with E-state index in [1.165, 1.54) is 31.5 Å². The second-order valence-electron chi connectivity index (χ2n) is 4.58. The van der Waals surface area contributed by atoms with Crippen molar-refractivity contribution in [2.75, 3.05) is 13.7 Å². The maximum atomic E-state index is 11.5. The number of ether oxygens (including phenoxy) is 2. The third-order valence-corrected chi connectivity index (χ3v) is 3.07. The Morgan fingerprint density at radius 2 is 2.04 bits per heavy atom. The highest BCUT2D eigenvalue weighted by Crippen LogP contribution is 2.31. The van der Waals surface area contributed by atoms with Crippen LogP contribution in [0.15, 0.2) is 41.4 Å². The highest BCUT2D eigenvalue weighted by molar-refractivity contribution is 5.92. The van der Waals surface area contributed by atoms with Gasteiger partial charge in [-0.25, -0.2) is 4.79 Å². The number of aromatic hydroxyl groups is 2. The molecule has 0 saturated heterocycles. The molecule has 0 aliphatic heterocycles. The highest BCUT2D eigenvalue weighted by atomic mass is 16.5. The fourth-order valence-corrected chi connectivity index (χ4v) is 1.93. The number of hydrogen-bond donors (Lipinski definition) is 2. The lowest BCUT2D eigenvalue weighted by Gasteiger charge is -2.07. The van der Waals surface area contributed by atoms with Crippen molar-refractivity contribution >= 4 is 17.9 Å². The summed E-state index contributed by atoms with van der Waals surface area (Å²) < 4.78 is 9.92. The molecular formula is C17H17NO5. The molecule has 0 radical (unpaired) electrons. The number of aliphatic imine (C=N–C) groups is 1. The van der Waals surface area contributed by atoms with E-state index in [1.54, 1.807) is 18.2 Å². The molecule has 0 aliphatic carbocycles. The average molecular weight is 315 g/mol. The van der Waals surface area contributed by atoms with Gasteiger partial charge < -0.3 is 19.7 Å². The van der Waals surface area contributed by atoms with E-state index >= 15 is 0 Å². The van der Waals surface area contributed by atoms with Gasteiger partial charge in [0.05, 0.1) is 19.3 Å². The molecule has 0 atom stereocenters. The zero-order valence-electron chi connectivity index (χ0n) is 12.8. The minimum absolute atomic E-state index is 0.0401. The van der Waals surface area contributed by atoms with E-state index in [-0.39, 0.29) is 22.7 Å². The van der Waals surface area contributed by atoms with Crippen molar-refractivity contribution in [2.45, 2.75) is 6.92 Å². The first kappa shape index (κ1) is 16.4. The topological polar surface area (TPSA) is 88.4 Å². The first-order valence-corrected chi connectivity index (χ1v) is 6.97. The number of rotatable bonds is 5. The van der Waals surface area contributed by atoms with Gasteiger partial charge in [-0.05, 0) is 37.3 Å². The van der Waals surface area contributed by atoms with Crippen molar-refractivity contribution in [1.29, 1.82) is 0 Å². The van der Waals surface area contributed by atoms with Crippen molar-refractivity contribution in [2.24, 2.45) is 4.99 Å². The summed E-state index contributed by atoms with van der Waals surface area (Å²) in [5.41, 5.74) is 0.887. The number of phenolic OH excluding ortho intramolecular Hbond substituents is 2. The normalized spacial score (nSPS) is 10.7. The second-order valence-corrected chi connectivity index (χ2v) is 4.58. The molecule has 23 heavy (non-hydrogen) atoms. The van der Waals surface area contributed by atoms with Crippen LogP contribution >= 0.6 is 0 Å². The minimum atomic E-state index is -0.525. The Morgan fingerprint density at radius 1 is 1.26 bits per heavy atom. The Balaban J connectivity index is 2.33. The molecule has 6 heteroatoms. The van der Waals surface area contributed by atoms with Crippen molar-refractivity contribution in [3.8, 4) is 17.2 Å². The minimum Gasteiger partial charge on any atom is -0.506 e. The van der Waals surface area contributed by atoms with Gasteiger partial charge in [0.1, 0.15) is 11.4 Å². The van der Waals surface area contributed by atoms with E-state index in [9.17, 15) is 15.0 Å². The predicted molar refractivity (Wildman–Crippen MR) is 86.0 cm³/mol. The predicted octanol–water partition coefficient (Wildman–Crippen LogP) is 3.03. The lowest BCUT2D eigenvalue weighted by Crippen LogP contribution is -2.00. The van der Waals surface area contributed by atoms with Crippen molar-refractivity contribution < 1.29 is 24.5 Å². The van der Waals surface area contributed by atoms with Crippen LogP contribution < -0.4 is 4.74 Å². The number of nitrogens with zero attached hydrogens (tertiary/aromatic N) is 1. The smallest absolute Gasteiger partial charge is 0.337 e. The molecule has 0 fully saturated rings.